The van der Waals surface area contributed by atoms with E-state index in [0.29, 0.717) is 16.7 Å². The van der Waals surface area contributed by atoms with Crippen molar-refractivity contribution < 1.29 is 18.0 Å². The summed E-state index contributed by atoms with van der Waals surface area (Å²) in [5.41, 5.74) is 1.70. The average Bonchev–Trinajstić information content (AvgIpc) is 3.17. The molecule has 0 bridgehead atoms. The van der Waals surface area contributed by atoms with Crippen LogP contribution in [0.1, 0.15) is 5.56 Å². The fraction of sp³-hybridized carbons (Fsp3) is 0.176. The van der Waals surface area contributed by atoms with Crippen molar-refractivity contribution in [3.8, 4) is 0 Å². The Morgan fingerprint density at radius 3 is 2.78 bits per heavy atom. The summed E-state index contributed by atoms with van der Waals surface area (Å²) in [5.74, 6) is -2.60. The number of hydrogen-bond acceptors (Lipinski definition) is 5. The molecule has 4 aromatic rings. The van der Waals surface area contributed by atoms with Gasteiger partial charge in [0.2, 0.25) is 5.91 Å². The van der Waals surface area contributed by atoms with Gasteiger partial charge in [0.05, 0.1) is 11.8 Å². The number of nitrogens with zero attached hydrogens (tertiary/aromatic N) is 4. The molecule has 0 unspecified atom stereocenters. The molecule has 0 aliphatic carbocycles. The second-order valence-corrected chi connectivity index (χ2v) is 6.07. The van der Waals surface area contributed by atoms with E-state index in [1.165, 1.54) is 17.0 Å². The number of anilines is 1. The van der Waals surface area contributed by atoms with E-state index in [4.69, 9.17) is 4.42 Å². The minimum atomic E-state index is -1.07. The fourth-order valence-electron chi connectivity index (χ4n) is 2.89. The Hall–Kier alpha value is -3.56. The molecule has 0 saturated carbocycles. The first-order valence-corrected chi connectivity index (χ1v) is 7.90. The highest BCUT2D eigenvalue weighted by molar-refractivity contribution is 5.91. The number of fused-ring (bicyclic) bond motifs is 2. The Labute approximate surface area is 150 Å². The van der Waals surface area contributed by atoms with E-state index in [1.54, 1.807) is 18.5 Å². The van der Waals surface area contributed by atoms with Crippen molar-refractivity contribution in [1.82, 2.24) is 19.1 Å². The molecular weight excluding hydrogens is 360 g/mol. The first kappa shape index (κ1) is 16.9. The quantitative estimate of drug-likeness (QED) is 0.593. The number of carbonyl (C=O) groups is 1. The van der Waals surface area contributed by atoms with E-state index < -0.39 is 17.5 Å². The summed E-state index contributed by atoms with van der Waals surface area (Å²) in [6, 6.07) is 3.04. The van der Waals surface area contributed by atoms with Gasteiger partial charge in [0.25, 0.3) is 5.56 Å². The highest BCUT2D eigenvalue weighted by atomic mass is 19.2. The number of nitrogens with one attached hydrogen (secondary N) is 1. The molecule has 0 aliphatic rings. The molecule has 0 fully saturated rings. The standard InChI is InChI=1S/C17H13F2N5O3/c1-8-3-14(26)23(2)16-15(8)24(7-20-16)6-13(25)22-17-21-11-4-9(18)10(19)5-12(11)27-17/h3-5,7H,6H2,1-2H3,(H,21,22,25). The molecule has 8 nitrogen and oxygen atoms in total. The van der Waals surface area contributed by atoms with Crippen LogP contribution in [0.2, 0.25) is 0 Å². The molecule has 0 saturated heterocycles. The van der Waals surface area contributed by atoms with Crippen LogP contribution in [0.5, 0.6) is 0 Å². The first-order chi connectivity index (χ1) is 12.8. The van der Waals surface area contributed by atoms with Gasteiger partial charge in [0.15, 0.2) is 22.9 Å². The summed E-state index contributed by atoms with van der Waals surface area (Å²) in [6.07, 6.45) is 1.45. The van der Waals surface area contributed by atoms with Gasteiger partial charge in [-0.25, -0.2) is 13.8 Å². The van der Waals surface area contributed by atoms with Crippen LogP contribution in [-0.4, -0.2) is 25.0 Å². The van der Waals surface area contributed by atoms with Crippen LogP contribution in [0.25, 0.3) is 22.3 Å². The Kier molecular flexibility index (Phi) is 3.76. The average molecular weight is 373 g/mol. The lowest BCUT2D eigenvalue weighted by molar-refractivity contribution is -0.116. The van der Waals surface area contributed by atoms with Crippen LogP contribution >= 0.6 is 0 Å². The zero-order valence-corrected chi connectivity index (χ0v) is 14.3. The molecule has 1 N–H and O–H groups in total. The summed E-state index contributed by atoms with van der Waals surface area (Å²) in [4.78, 5) is 32.2. The van der Waals surface area contributed by atoms with Gasteiger partial charge in [-0.1, -0.05) is 0 Å². The Morgan fingerprint density at radius 1 is 1.26 bits per heavy atom. The van der Waals surface area contributed by atoms with Crippen molar-refractivity contribution in [1.29, 1.82) is 0 Å². The lowest BCUT2D eigenvalue weighted by Gasteiger charge is -2.07. The number of aromatic nitrogens is 4. The van der Waals surface area contributed by atoms with Crippen molar-refractivity contribution in [2.75, 3.05) is 5.32 Å². The molecule has 1 aromatic carbocycles. The maximum absolute atomic E-state index is 13.2. The molecular formula is C17H13F2N5O3. The number of hydrogen-bond donors (Lipinski definition) is 1. The van der Waals surface area contributed by atoms with Gasteiger partial charge in [0, 0.05) is 25.2 Å². The number of benzene rings is 1. The van der Waals surface area contributed by atoms with Gasteiger partial charge in [-0.15, -0.1) is 0 Å². The molecule has 1 amide bonds. The van der Waals surface area contributed by atoms with Crippen molar-refractivity contribution in [2.24, 2.45) is 7.05 Å². The van der Waals surface area contributed by atoms with Crippen LogP contribution in [0.3, 0.4) is 0 Å². The normalized spacial score (nSPS) is 11.4. The van der Waals surface area contributed by atoms with Crippen LogP contribution in [0, 0.1) is 18.6 Å². The third-order valence-electron chi connectivity index (χ3n) is 4.17. The fourth-order valence-corrected chi connectivity index (χ4v) is 2.89. The van der Waals surface area contributed by atoms with E-state index >= 15 is 0 Å². The Balaban J connectivity index is 1.61. The zero-order chi connectivity index (χ0) is 19.3. The molecule has 0 aliphatic heterocycles. The molecule has 0 atom stereocenters. The number of halogens is 2. The number of aryl methyl sites for hydroxylation is 2. The third kappa shape index (κ3) is 2.84. The van der Waals surface area contributed by atoms with Gasteiger partial charge < -0.3 is 8.98 Å². The molecule has 0 radical (unpaired) electrons. The summed E-state index contributed by atoms with van der Waals surface area (Å²) in [6.45, 7) is 1.64. The molecule has 4 rings (SSSR count). The minimum absolute atomic E-state index is 0.0168. The van der Waals surface area contributed by atoms with Crippen LogP contribution in [0.15, 0.2) is 33.7 Å². The molecule has 3 heterocycles. The number of oxazole rings is 1. The molecule has 3 aromatic heterocycles. The predicted molar refractivity (Wildman–Crippen MR) is 92.3 cm³/mol. The monoisotopic (exact) mass is 373 g/mol. The highest BCUT2D eigenvalue weighted by Crippen LogP contribution is 2.22. The first-order valence-electron chi connectivity index (χ1n) is 7.90. The van der Waals surface area contributed by atoms with Crippen LogP contribution in [0.4, 0.5) is 14.8 Å². The van der Waals surface area contributed by atoms with E-state index in [9.17, 15) is 18.4 Å². The lowest BCUT2D eigenvalue weighted by Crippen LogP contribution is -2.20. The lowest BCUT2D eigenvalue weighted by atomic mass is 10.2. The van der Waals surface area contributed by atoms with E-state index in [2.05, 4.69) is 15.3 Å². The van der Waals surface area contributed by atoms with Gasteiger partial charge in [0.1, 0.15) is 12.1 Å². The van der Waals surface area contributed by atoms with E-state index in [1.807, 2.05) is 0 Å². The van der Waals surface area contributed by atoms with Crippen molar-refractivity contribution in [2.45, 2.75) is 13.5 Å². The smallest absolute Gasteiger partial charge is 0.302 e. The van der Waals surface area contributed by atoms with Gasteiger partial charge in [-0.05, 0) is 12.5 Å². The third-order valence-corrected chi connectivity index (χ3v) is 4.17. The van der Waals surface area contributed by atoms with E-state index in [0.717, 1.165) is 12.1 Å². The highest BCUT2D eigenvalue weighted by Gasteiger charge is 2.16. The number of carbonyl (C=O) groups excluding carboxylic acids is 1. The number of amides is 1. The van der Waals surface area contributed by atoms with Crippen LogP contribution in [-0.2, 0) is 18.4 Å². The van der Waals surface area contributed by atoms with Crippen molar-refractivity contribution >= 4 is 34.2 Å². The summed E-state index contributed by atoms with van der Waals surface area (Å²) >= 11 is 0. The molecule has 27 heavy (non-hydrogen) atoms. The van der Waals surface area contributed by atoms with Gasteiger partial charge in [-0.3, -0.25) is 19.5 Å². The topological polar surface area (TPSA) is 95.0 Å². The van der Waals surface area contributed by atoms with Gasteiger partial charge in [-0.2, -0.15) is 4.98 Å². The molecule has 10 heteroatoms. The van der Waals surface area contributed by atoms with Gasteiger partial charge >= 0.3 is 6.01 Å². The summed E-state index contributed by atoms with van der Waals surface area (Å²) in [5, 5.41) is 2.44. The zero-order valence-electron chi connectivity index (χ0n) is 14.3. The number of rotatable bonds is 3. The Morgan fingerprint density at radius 2 is 2.00 bits per heavy atom. The largest absolute Gasteiger partial charge is 0.423 e. The van der Waals surface area contributed by atoms with E-state index in [-0.39, 0.29) is 29.2 Å². The number of imidazole rings is 1. The maximum Gasteiger partial charge on any atom is 0.302 e. The van der Waals surface area contributed by atoms with Crippen molar-refractivity contribution in [3.05, 3.63) is 52.1 Å². The summed E-state index contributed by atoms with van der Waals surface area (Å²) < 4.78 is 34.7. The summed E-state index contributed by atoms with van der Waals surface area (Å²) in [7, 11) is 1.60. The minimum Gasteiger partial charge on any atom is -0.423 e. The second kappa shape index (κ2) is 6.01. The predicted octanol–water partition coefficient (Wildman–Crippen LogP) is 2.10. The van der Waals surface area contributed by atoms with Crippen LogP contribution < -0.4 is 10.9 Å². The molecule has 0 spiro atoms. The molecule has 138 valence electrons. The Bertz CT molecular complexity index is 1230. The SMILES string of the molecule is Cc1cc(=O)n(C)c2ncn(CC(=O)Nc3nc4cc(F)c(F)cc4o3)c12. The second-order valence-electron chi connectivity index (χ2n) is 6.07. The maximum atomic E-state index is 13.2. The van der Waals surface area contributed by atoms with Crippen molar-refractivity contribution in [3.63, 3.8) is 0 Å². The number of pyridine rings is 1.